The van der Waals surface area contributed by atoms with Gasteiger partial charge in [-0.05, 0) is 25.1 Å². The van der Waals surface area contributed by atoms with Crippen molar-refractivity contribution < 1.29 is 14.1 Å². The molecule has 0 saturated heterocycles. The summed E-state index contributed by atoms with van der Waals surface area (Å²) in [7, 11) is 0. The molecule has 0 bridgehead atoms. The number of carbonyl (C=O) groups is 1. The highest BCUT2D eigenvalue weighted by molar-refractivity contribution is 7.20. The molecule has 1 aromatic carbocycles. The molecule has 138 valence electrons. The number of rotatable bonds is 5. The van der Waals surface area contributed by atoms with Crippen molar-refractivity contribution in [2.24, 2.45) is 0 Å². The van der Waals surface area contributed by atoms with Crippen molar-refractivity contribution in [2.75, 3.05) is 0 Å². The molecule has 0 aliphatic heterocycles. The van der Waals surface area contributed by atoms with E-state index < -0.39 is 5.97 Å². The number of hydrogen-bond donors (Lipinski definition) is 0. The van der Waals surface area contributed by atoms with Gasteiger partial charge in [-0.3, -0.25) is 0 Å². The summed E-state index contributed by atoms with van der Waals surface area (Å²) in [6.07, 6.45) is 0. The lowest BCUT2D eigenvalue weighted by Crippen LogP contribution is -2.03. The van der Waals surface area contributed by atoms with Crippen LogP contribution in [0.4, 0.5) is 0 Å². The van der Waals surface area contributed by atoms with Crippen LogP contribution in [0.1, 0.15) is 46.8 Å². The SMILES string of the molecule is Cc1nn(-c2ccccc2)c2sc(C(=O)OCc3nc(C(C)C)no3)cc12. The number of hydrogen-bond acceptors (Lipinski definition) is 7. The van der Waals surface area contributed by atoms with Crippen molar-refractivity contribution in [3.05, 3.63) is 58.7 Å². The molecule has 0 saturated carbocycles. The summed E-state index contributed by atoms with van der Waals surface area (Å²) >= 11 is 1.35. The van der Waals surface area contributed by atoms with Crippen LogP contribution >= 0.6 is 11.3 Å². The first-order chi connectivity index (χ1) is 13.0. The number of aromatic nitrogens is 4. The lowest BCUT2D eigenvalue weighted by molar-refractivity contribution is 0.0435. The van der Waals surface area contributed by atoms with E-state index >= 15 is 0 Å². The predicted molar refractivity (Wildman–Crippen MR) is 101 cm³/mol. The van der Waals surface area contributed by atoms with Gasteiger partial charge < -0.3 is 9.26 Å². The maximum absolute atomic E-state index is 12.5. The minimum Gasteiger partial charge on any atom is -0.451 e. The number of para-hydroxylation sites is 1. The van der Waals surface area contributed by atoms with Gasteiger partial charge in [0.2, 0.25) is 0 Å². The van der Waals surface area contributed by atoms with E-state index in [1.807, 2.05) is 61.9 Å². The van der Waals surface area contributed by atoms with Crippen LogP contribution in [0.3, 0.4) is 0 Å². The number of carbonyl (C=O) groups excluding carboxylic acids is 1. The lowest BCUT2D eigenvalue weighted by atomic mass is 10.2. The highest BCUT2D eigenvalue weighted by atomic mass is 32.1. The van der Waals surface area contributed by atoms with Gasteiger partial charge in [0.1, 0.15) is 9.71 Å². The zero-order valence-corrected chi connectivity index (χ0v) is 16.0. The molecular weight excluding hydrogens is 364 g/mol. The molecule has 3 aromatic heterocycles. The van der Waals surface area contributed by atoms with Gasteiger partial charge in [-0.2, -0.15) is 10.1 Å². The molecule has 3 heterocycles. The largest absolute Gasteiger partial charge is 0.451 e. The molecule has 7 nitrogen and oxygen atoms in total. The van der Waals surface area contributed by atoms with Crippen LogP contribution in [-0.4, -0.2) is 25.9 Å². The van der Waals surface area contributed by atoms with E-state index in [4.69, 9.17) is 9.26 Å². The van der Waals surface area contributed by atoms with E-state index in [1.165, 1.54) is 11.3 Å². The summed E-state index contributed by atoms with van der Waals surface area (Å²) < 4.78 is 12.3. The van der Waals surface area contributed by atoms with Crippen LogP contribution in [0.2, 0.25) is 0 Å². The molecule has 4 rings (SSSR count). The monoisotopic (exact) mass is 382 g/mol. The topological polar surface area (TPSA) is 83.0 Å². The van der Waals surface area contributed by atoms with Crippen molar-refractivity contribution >= 4 is 27.5 Å². The van der Waals surface area contributed by atoms with Gasteiger partial charge in [0.05, 0.1) is 11.4 Å². The van der Waals surface area contributed by atoms with Gasteiger partial charge in [0, 0.05) is 11.3 Å². The van der Waals surface area contributed by atoms with Crippen LogP contribution in [0.5, 0.6) is 0 Å². The van der Waals surface area contributed by atoms with Crippen molar-refractivity contribution in [1.29, 1.82) is 0 Å². The predicted octanol–water partition coefficient (Wildman–Crippen LogP) is 4.26. The van der Waals surface area contributed by atoms with E-state index in [1.54, 1.807) is 0 Å². The van der Waals surface area contributed by atoms with Gasteiger partial charge in [0.15, 0.2) is 12.4 Å². The molecule has 0 fully saturated rings. The summed E-state index contributed by atoms with van der Waals surface area (Å²) in [6.45, 7) is 5.82. The van der Waals surface area contributed by atoms with E-state index in [9.17, 15) is 4.79 Å². The highest BCUT2D eigenvalue weighted by Gasteiger charge is 2.19. The Morgan fingerprint density at radius 3 is 2.78 bits per heavy atom. The zero-order chi connectivity index (χ0) is 19.0. The number of esters is 1. The number of benzene rings is 1. The van der Waals surface area contributed by atoms with Crippen molar-refractivity contribution in [2.45, 2.75) is 33.3 Å². The van der Waals surface area contributed by atoms with Crippen LogP contribution < -0.4 is 0 Å². The molecule has 0 aliphatic rings. The molecule has 0 atom stereocenters. The Morgan fingerprint density at radius 1 is 1.30 bits per heavy atom. The molecule has 0 amide bonds. The first kappa shape index (κ1) is 17.4. The van der Waals surface area contributed by atoms with E-state index in [2.05, 4.69) is 15.2 Å². The Labute approximate surface area is 159 Å². The third kappa shape index (κ3) is 3.35. The molecule has 27 heavy (non-hydrogen) atoms. The summed E-state index contributed by atoms with van der Waals surface area (Å²) in [5, 5.41) is 9.38. The second-order valence-corrected chi connectivity index (χ2v) is 7.47. The first-order valence-electron chi connectivity index (χ1n) is 8.57. The van der Waals surface area contributed by atoms with Gasteiger partial charge in [-0.25, -0.2) is 9.48 Å². The number of nitrogens with zero attached hydrogens (tertiary/aromatic N) is 4. The molecule has 0 aliphatic carbocycles. The Balaban J connectivity index is 1.55. The fourth-order valence-corrected chi connectivity index (χ4v) is 3.73. The summed E-state index contributed by atoms with van der Waals surface area (Å²) in [6, 6.07) is 11.6. The van der Waals surface area contributed by atoms with Crippen molar-refractivity contribution in [1.82, 2.24) is 19.9 Å². The van der Waals surface area contributed by atoms with Crippen LogP contribution in [-0.2, 0) is 11.3 Å². The number of ether oxygens (including phenoxy) is 1. The standard InChI is InChI=1S/C19H18N4O3S/c1-11(2)17-20-16(26-22-17)10-25-19(24)15-9-14-12(3)21-23(18(14)27-15)13-7-5-4-6-8-13/h4-9,11H,10H2,1-3H3. The molecule has 0 spiro atoms. The van der Waals surface area contributed by atoms with Gasteiger partial charge in [-0.15, -0.1) is 11.3 Å². The highest BCUT2D eigenvalue weighted by Crippen LogP contribution is 2.30. The van der Waals surface area contributed by atoms with Gasteiger partial charge in [-0.1, -0.05) is 37.2 Å². The minimum absolute atomic E-state index is 0.0450. The Kier molecular flexibility index (Phi) is 4.49. The summed E-state index contributed by atoms with van der Waals surface area (Å²) in [4.78, 5) is 18.1. The van der Waals surface area contributed by atoms with Crippen molar-refractivity contribution in [3.8, 4) is 5.69 Å². The Morgan fingerprint density at radius 2 is 2.07 bits per heavy atom. The smallest absolute Gasteiger partial charge is 0.348 e. The normalized spacial score (nSPS) is 11.4. The second-order valence-electron chi connectivity index (χ2n) is 6.44. The van der Waals surface area contributed by atoms with Crippen molar-refractivity contribution in [3.63, 3.8) is 0 Å². The third-order valence-electron chi connectivity index (χ3n) is 4.07. The summed E-state index contributed by atoms with van der Waals surface area (Å²) in [5.74, 6) is 0.630. The number of aryl methyl sites for hydroxylation is 1. The quantitative estimate of drug-likeness (QED) is 0.480. The van der Waals surface area contributed by atoms with Gasteiger partial charge >= 0.3 is 5.97 Å². The Hall–Kier alpha value is -3.00. The lowest BCUT2D eigenvalue weighted by Gasteiger charge is -2.01. The maximum atomic E-state index is 12.5. The molecular formula is C19H18N4O3S. The molecule has 8 heteroatoms. The average molecular weight is 382 g/mol. The van der Waals surface area contributed by atoms with E-state index in [0.29, 0.717) is 16.6 Å². The molecule has 0 N–H and O–H groups in total. The minimum atomic E-state index is -0.417. The average Bonchev–Trinajstić information content (AvgIpc) is 3.37. The fourth-order valence-electron chi connectivity index (χ4n) is 2.65. The molecule has 4 aromatic rings. The fraction of sp³-hybridized carbons (Fsp3) is 0.263. The Bertz CT molecular complexity index is 1100. The molecule has 0 unspecified atom stereocenters. The van der Waals surface area contributed by atoms with Gasteiger partial charge in [0.25, 0.3) is 5.89 Å². The van der Waals surface area contributed by atoms with E-state index in [-0.39, 0.29) is 12.5 Å². The van der Waals surface area contributed by atoms with E-state index in [0.717, 1.165) is 21.6 Å². The third-order valence-corrected chi connectivity index (χ3v) is 5.16. The molecule has 0 radical (unpaired) electrons. The number of fused-ring (bicyclic) bond motifs is 1. The second kappa shape index (κ2) is 6.96. The van der Waals surface area contributed by atoms with Crippen LogP contribution in [0.25, 0.3) is 15.9 Å². The maximum Gasteiger partial charge on any atom is 0.348 e. The zero-order valence-electron chi connectivity index (χ0n) is 15.2. The van der Waals surface area contributed by atoms with Crippen LogP contribution in [0, 0.1) is 6.92 Å². The summed E-state index contributed by atoms with van der Waals surface area (Å²) in [5.41, 5.74) is 1.81. The first-order valence-corrected chi connectivity index (χ1v) is 9.38. The number of thiophene rings is 1. The van der Waals surface area contributed by atoms with Crippen LogP contribution in [0.15, 0.2) is 40.9 Å².